The predicted molar refractivity (Wildman–Crippen MR) is 25.7 cm³/mol. The highest BCUT2D eigenvalue weighted by atomic mass is 32.2. The lowest BCUT2D eigenvalue weighted by Crippen LogP contribution is -1.75. The highest BCUT2D eigenvalue weighted by Crippen LogP contribution is 1.32. The van der Waals surface area contributed by atoms with E-state index in [1.165, 1.54) is 0 Å². The summed E-state index contributed by atoms with van der Waals surface area (Å²) >= 11 is 0. The van der Waals surface area contributed by atoms with Crippen molar-refractivity contribution < 1.29 is 18.5 Å². The summed E-state index contributed by atoms with van der Waals surface area (Å²) in [7, 11) is -2.42. The van der Waals surface area contributed by atoms with E-state index >= 15 is 0 Å². The number of nitrogens with two attached hydrogens (primary N) is 1. The Kier molecular flexibility index (Phi) is 12.8. The van der Waals surface area contributed by atoms with Crippen molar-refractivity contribution in [2.24, 2.45) is 10.3 Å². The maximum absolute atomic E-state index is 9.08. The minimum atomic E-state index is -2.42. The Hall–Kier alpha value is -0.435. The van der Waals surface area contributed by atoms with Crippen molar-refractivity contribution in [2.45, 2.75) is 0 Å². The van der Waals surface area contributed by atoms with Crippen LogP contribution in [-0.4, -0.2) is 26.2 Å². The Balaban J connectivity index is 0. The topological polar surface area (TPSA) is 113 Å². The zero-order valence-corrected chi connectivity index (χ0v) is 4.54. The molecule has 0 heterocycles. The Bertz CT molecular complexity index is 128. The molecule has 0 aliphatic heterocycles. The van der Waals surface area contributed by atoms with Crippen LogP contribution < -0.4 is 5.84 Å². The van der Waals surface area contributed by atoms with E-state index in [1.54, 1.807) is 0 Å². The van der Waals surface area contributed by atoms with E-state index in [-0.39, 0.29) is 7.69 Å². The molecule has 0 aromatic rings. The van der Waals surface area contributed by atoms with E-state index < -0.39 is 10.5 Å². The van der Waals surface area contributed by atoms with Crippen LogP contribution in [0.3, 0.4) is 0 Å². The van der Waals surface area contributed by atoms with Crippen LogP contribution >= 0.6 is 0 Å². The van der Waals surface area contributed by atoms with Gasteiger partial charge in [-0.05, 0) is 0 Å². The van der Waals surface area contributed by atoms with Crippen LogP contribution in [0.1, 0.15) is 0 Å². The third-order valence-electron chi connectivity index (χ3n) is 0.0861. The molecule has 0 spiro atoms. The van der Waals surface area contributed by atoms with Crippen LogP contribution in [0.15, 0.2) is 4.47 Å². The quantitative estimate of drug-likeness (QED) is 0.194. The van der Waals surface area contributed by atoms with E-state index in [1.807, 2.05) is 0 Å². The van der Waals surface area contributed by atoms with E-state index in [9.17, 15) is 0 Å². The Morgan fingerprint density at radius 1 is 1.50 bits per heavy atom. The number of rotatable bonds is 0. The van der Waals surface area contributed by atoms with Crippen LogP contribution in [0, 0.1) is 0 Å². The van der Waals surface area contributed by atoms with Crippen molar-refractivity contribution in [3.8, 4) is 0 Å². The predicted octanol–water partition coefficient (Wildman–Crippen LogP) is -2.57. The second kappa shape index (κ2) is 9.76. The van der Waals surface area contributed by atoms with Gasteiger partial charge in [0.1, 0.15) is 0 Å². The molecule has 6 nitrogen and oxygen atoms in total. The van der Waals surface area contributed by atoms with Crippen molar-refractivity contribution in [1.82, 2.24) is 0 Å². The van der Waals surface area contributed by atoms with Crippen molar-refractivity contribution in [2.75, 3.05) is 0 Å². The lowest BCUT2D eigenvalue weighted by atomic mass is 10.5. The van der Waals surface area contributed by atoms with Gasteiger partial charge in [-0.15, -0.1) is 0 Å². The monoisotopic (exact) mass is 139 g/mol. The van der Waals surface area contributed by atoms with E-state index in [4.69, 9.17) is 18.5 Å². The first-order valence-corrected chi connectivity index (χ1v) is 2.32. The molecule has 8 heteroatoms. The average Bonchev–Trinajstić information content (AvgIpc) is 1.69. The highest BCUT2D eigenvalue weighted by Gasteiger charge is 1.51. The number of nitrogens with zero attached hydrogens (tertiary/aromatic N) is 1. The van der Waals surface area contributed by atoms with Gasteiger partial charge in [-0.25, -0.2) is 5.84 Å². The van der Waals surface area contributed by atoms with Gasteiger partial charge in [-0.1, -0.05) is 4.47 Å². The smallest absolute Gasteiger partial charge is 0.429 e. The zero-order valence-electron chi connectivity index (χ0n) is 3.72. The second-order valence-corrected chi connectivity index (χ2v) is 1.08. The molecule has 47 valence electrons. The molecule has 0 rings (SSSR count). The summed E-state index contributed by atoms with van der Waals surface area (Å²) in [5.74, 6) is 4.18. The van der Waals surface area contributed by atoms with Gasteiger partial charge in [0, 0.05) is 0 Å². The van der Waals surface area contributed by atoms with Crippen molar-refractivity contribution >= 4 is 18.2 Å². The third kappa shape index (κ3) is 47.4. The first kappa shape index (κ1) is 10.5. The molecular formula is H4BN2O4S. The first-order chi connectivity index (χ1) is 3.68. The van der Waals surface area contributed by atoms with Gasteiger partial charge in [-0.3, -0.25) is 0 Å². The molecule has 0 bridgehead atoms. The van der Waals surface area contributed by atoms with Crippen molar-refractivity contribution in [3.05, 3.63) is 0 Å². The van der Waals surface area contributed by atoms with Crippen LogP contribution in [0.2, 0.25) is 0 Å². The fourth-order valence-corrected chi connectivity index (χ4v) is 0. The lowest BCUT2D eigenvalue weighted by Gasteiger charge is -1.46. The molecule has 0 unspecified atom stereocenters. The summed E-state index contributed by atoms with van der Waals surface area (Å²) in [6, 6.07) is 0. The molecule has 1 radical (unpaired) electrons. The summed E-state index contributed by atoms with van der Waals surface area (Å²) in [4.78, 5) is 0. The molecule has 0 amide bonds. The molecular weight excluding hydrogens is 135 g/mol. The molecule has 0 aromatic heterocycles. The molecule has 8 heavy (non-hydrogen) atoms. The van der Waals surface area contributed by atoms with Gasteiger partial charge < -0.3 is 10.0 Å². The van der Waals surface area contributed by atoms with Gasteiger partial charge in [-0.2, -0.15) is 8.42 Å². The summed E-state index contributed by atoms with van der Waals surface area (Å²) in [5.41, 5.74) is 0. The second-order valence-electron chi connectivity index (χ2n) is 0.438. The average molecular weight is 139 g/mol. The summed E-state index contributed by atoms with van der Waals surface area (Å²) < 4.78 is 20.5. The maximum atomic E-state index is 9.08. The van der Waals surface area contributed by atoms with Gasteiger partial charge in [0.2, 0.25) is 0 Å². The fraction of sp³-hybridized carbons (Fsp3) is 0. The standard InChI is InChI=1S/BH2O2.H2N2O2S/c2-1-3;1-2-5(3)4/h2-3H;1H2. The van der Waals surface area contributed by atoms with Crippen LogP contribution in [0.4, 0.5) is 0 Å². The van der Waals surface area contributed by atoms with Gasteiger partial charge >= 0.3 is 18.2 Å². The minimum Gasteiger partial charge on any atom is -0.429 e. The largest absolute Gasteiger partial charge is 0.482 e. The summed E-state index contributed by atoms with van der Waals surface area (Å²) in [6.07, 6.45) is 0. The fourth-order valence-electron chi connectivity index (χ4n) is 0. The van der Waals surface area contributed by atoms with Crippen LogP contribution in [-0.2, 0) is 10.5 Å². The number of hydrogen-bond acceptors (Lipinski definition) is 5. The van der Waals surface area contributed by atoms with Crippen LogP contribution in [0.5, 0.6) is 0 Å². The normalized spacial score (nSPS) is 5.88. The first-order valence-electron chi connectivity index (χ1n) is 1.29. The van der Waals surface area contributed by atoms with Gasteiger partial charge in [0.25, 0.3) is 0 Å². The number of hydrogen-bond donors (Lipinski definition) is 3. The molecule has 0 atom stereocenters. The Labute approximate surface area is 47.9 Å². The van der Waals surface area contributed by atoms with Crippen molar-refractivity contribution in [1.29, 1.82) is 0 Å². The Morgan fingerprint density at radius 3 is 1.62 bits per heavy atom. The van der Waals surface area contributed by atoms with Crippen molar-refractivity contribution in [3.63, 3.8) is 0 Å². The molecule has 0 aromatic carbocycles. The van der Waals surface area contributed by atoms with Crippen LogP contribution in [0.25, 0.3) is 0 Å². The molecule has 0 saturated heterocycles. The highest BCUT2D eigenvalue weighted by molar-refractivity contribution is 7.61. The van der Waals surface area contributed by atoms with E-state index in [0.717, 1.165) is 0 Å². The molecule has 4 N–H and O–H groups in total. The maximum Gasteiger partial charge on any atom is 0.482 e. The molecule has 0 saturated carbocycles. The summed E-state index contributed by atoms with van der Waals surface area (Å²) in [5, 5.41) is 14.0. The SMILES string of the molecule is NN=S(=O)=O.O[B]O. The Morgan fingerprint density at radius 2 is 1.62 bits per heavy atom. The van der Waals surface area contributed by atoms with Gasteiger partial charge in [0.15, 0.2) is 0 Å². The lowest BCUT2D eigenvalue weighted by molar-refractivity contribution is 0.448. The third-order valence-corrected chi connectivity index (χ3v) is 0.258. The molecule has 0 aliphatic rings. The van der Waals surface area contributed by atoms with E-state index in [0.29, 0.717) is 0 Å². The molecule has 0 fully saturated rings. The van der Waals surface area contributed by atoms with E-state index in [2.05, 4.69) is 10.3 Å². The summed E-state index contributed by atoms with van der Waals surface area (Å²) in [6.45, 7) is 0. The zero-order chi connectivity index (χ0) is 6.99. The minimum absolute atomic E-state index is 0. The molecule has 0 aliphatic carbocycles. The van der Waals surface area contributed by atoms with Gasteiger partial charge in [0.05, 0.1) is 0 Å².